The summed E-state index contributed by atoms with van der Waals surface area (Å²) in [5, 5.41) is 2.76. The zero-order chi connectivity index (χ0) is 12.0. The lowest BCUT2D eigenvalue weighted by atomic mass is 10.1. The molecular weight excluding hydrogens is 202 g/mol. The molecule has 0 spiro atoms. The lowest BCUT2D eigenvalue weighted by Crippen LogP contribution is -2.30. The highest BCUT2D eigenvalue weighted by Gasteiger charge is 2.09. The van der Waals surface area contributed by atoms with Crippen LogP contribution in [0.2, 0.25) is 0 Å². The molecule has 0 fully saturated rings. The van der Waals surface area contributed by atoms with Crippen molar-refractivity contribution in [1.29, 1.82) is 0 Å². The molecule has 0 atom stereocenters. The summed E-state index contributed by atoms with van der Waals surface area (Å²) in [4.78, 5) is 23.0. The average molecular weight is 219 g/mol. The number of rotatable bonds is 5. The Labute approximate surface area is 95.9 Å². The molecule has 0 aliphatic carbocycles. The van der Waals surface area contributed by atoms with E-state index in [-0.39, 0.29) is 30.6 Å². The maximum absolute atomic E-state index is 11.7. The average Bonchev–Trinajstić information content (AvgIpc) is 2.26. The maximum Gasteiger partial charge on any atom is 0.220 e. The number of benzene rings is 1. The summed E-state index contributed by atoms with van der Waals surface area (Å²) in [6, 6.07) is 9.16. The summed E-state index contributed by atoms with van der Waals surface area (Å²) in [7, 11) is 0. The zero-order valence-electron chi connectivity index (χ0n) is 9.69. The van der Waals surface area contributed by atoms with Gasteiger partial charge >= 0.3 is 0 Å². The van der Waals surface area contributed by atoms with Crippen LogP contribution in [0.4, 0.5) is 0 Å². The Morgan fingerprint density at radius 1 is 1.12 bits per heavy atom. The molecule has 86 valence electrons. The van der Waals surface area contributed by atoms with Gasteiger partial charge in [0.1, 0.15) is 0 Å². The SMILES string of the molecule is CC(C)NC(=O)CCC(=O)c1ccccc1. The van der Waals surface area contributed by atoms with Gasteiger partial charge in [-0.1, -0.05) is 30.3 Å². The smallest absolute Gasteiger partial charge is 0.220 e. The van der Waals surface area contributed by atoms with Crippen molar-refractivity contribution >= 4 is 11.7 Å². The molecule has 0 unspecified atom stereocenters. The number of ketones is 1. The van der Waals surface area contributed by atoms with E-state index in [2.05, 4.69) is 5.32 Å². The first-order valence-corrected chi connectivity index (χ1v) is 5.47. The quantitative estimate of drug-likeness (QED) is 0.771. The Hall–Kier alpha value is -1.64. The van der Waals surface area contributed by atoms with Crippen LogP contribution in [0.15, 0.2) is 30.3 Å². The van der Waals surface area contributed by atoms with Gasteiger partial charge in [-0.05, 0) is 13.8 Å². The van der Waals surface area contributed by atoms with Crippen molar-refractivity contribution in [3.05, 3.63) is 35.9 Å². The number of carbonyl (C=O) groups is 2. The molecule has 3 nitrogen and oxygen atoms in total. The molecule has 0 bridgehead atoms. The van der Waals surface area contributed by atoms with E-state index in [4.69, 9.17) is 0 Å². The zero-order valence-corrected chi connectivity index (χ0v) is 9.69. The second kappa shape index (κ2) is 6.05. The second-order valence-corrected chi connectivity index (χ2v) is 4.01. The fourth-order valence-corrected chi connectivity index (χ4v) is 1.39. The summed E-state index contributed by atoms with van der Waals surface area (Å²) >= 11 is 0. The summed E-state index contributed by atoms with van der Waals surface area (Å²) in [5.74, 6) is -0.0567. The van der Waals surface area contributed by atoms with Gasteiger partial charge in [-0.15, -0.1) is 0 Å². The first-order chi connectivity index (χ1) is 7.59. The van der Waals surface area contributed by atoms with E-state index in [1.807, 2.05) is 32.0 Å². The summed E-state index contributed by atoms with van der Waals surface area (Å²) in [6.45, 7) is 3.80. The minimum Gasteiger partial charge on any atom is -0.354 e. The van der Waals surface area contributed by atoms with Crippen LogP contribution < -0.4 is 5.32 Å². The fraction of sp³-hybridized carbons (Fsp3) is 0.385. The Morgan fingerprint density at radius 3 is 2.31 bits per heavy atom. The fourth-order valence-electron chi connectivity index (χ4n) is 1.39. The van der Waals surface area contributed by atoms with Crippen molar-refractivity contribution in [3.63, 3.8) is 0 Å². The largest absolute Gasteiger partial charge is 0.354 e. The van der Waals surface area contributed by atoms with E-state index in [0.717, 1.165) is 0 Å². The minimum atomic E-state index is -0.0701. The molecule has 1 aromatic rings. The lowest BCUT2D eigenvalue weighted by molar-refractivity contribution is -0.121. The van der Waals surface area contributed by atoms with Crippen molar-refractivity contribution in [2.24, 2.45) is 0 Å². The topological polar surface area (TPSA) is 46.2 Å². The van der Waals surface area contributed by atoms with Crippen molar-refractivity contribution < 1.29 is 9.59 Å². The third-order valence-corrected chi connectivity index (χ3v) is 2.12. The van der Waals surface area contributed by atoms with E-state index in [1.54, 1.807) is 12.1 Å². The van der Waals surface area contributed by atoms with Crippen LogP contribution in [0.5, 0.6) is 0 Å². The monoisotopic (exact) mass is 219 g/mol. The highest BCUT2D eigenvalue weighted by molar-refractivity contribution is 5.97. The van der Waals surface area contributed by atoms with Crippen molar-refractivity contribution in [1.82, 2.24) is 5.32 Å². The second-order valence-electron chi connectivity index (χ2n) is 4.01. The van der Waals surface area contributed by atoms with Gasteiger partial charge in [0, 0.05) is 24.4 Å². The highest BCUT2D eigenvalue weighted by atomic mass is 16.2. The minimum absolute atomic E-state index is 0.0134. The summed E-state index contributed by atoms with van der Waals surface area (Å²) < 4.78 is 0. The van der Waals surface area contributed by atoms with Crippen LogP contribution in [0.25, 0.3) is 0 Å². The lowest BCUT2D eigenvalue weighted by Gasteiger charge is -2.07. The van der Waals surface area contributed by atoms with Gasteiger partial charge in [0.2, 0.25) is 5.91 Å². The predicted octanol–water partition coefficient (Wildman–Crippen LogP) is 2.17. The molecule has 0 radical (unpaired) electrons. The number of hydrogen-bond donors (Lipinski definition) is 1. The standard InChI is InChI=1S/C13H17NO2/c1-10(2)14-13(16)9-8-12(15)11-6-4-3-5-7-11/h3-7,10H,8-9H2,1-2H3,(H,14,16). The number of carbonyl (C=O) groups excluding carboxylic acids is 2. The van der Waals surface area contributed by atoms with E-state index in [9.17, 15) is 9.59 Å². The molecule has 16 heavy (non-hydrogen) atoms. The molecule has 0 heterocycles. The molecule has 1 amide bonds. The van der Waals surface area contributed by atoms with E-state index in [1.165, 1.54) is 0 Å². The third-order valence-electron chi connectivity index (χ3n) is 2.12. The molecule has 0 aromatic heterocycles. The van der Waals surface area contributed by atoms with Gasteiger partial charge in [0.15, 0.2) is 5.78 Å². The van der Waals surface area contributed by atoms with Crippen LogP contribution in [-0.2, 0) is 4.79 Å². The van der Waals surface area contributed by atoms with Crippen LogP contribution in [0, 0.1) is 0 Å². The van der Waals surface area contributed by atoms with Gasteiger partial charge in [0.05, 0.1) is 0 Å². The summed E-state index contributed by atoms with van der Waals surface area (Å²) in [6.07, 6.45) is 0.522. The van der Waals surface area contributed by atoms with E-state index in [0.29, 0.717) is 5.56 Å². The molecule has 0 saturated heterocycles. The first kappa shape index (κ1) is 12.4. The van der Waals surface area contributed by atoms with Gasteiger partial charge in [-0.2, -0.15) is 0 Å². The van der Waals surface area contributed by atoms with Crippen LogP contribution in [-0.4, -0.2) is 17.7 Å². The van der Waals surface area contributed by atoms with Crippen LogP contribution >= 0.6 is 0 Å². The Morgan fingerprint density at radius 2 is 1.75 bits per heavy atom. The maximum atomic E-state index is 11.7. The Bertz CT molecular complexity index is 357. The molecule has 1 rings (SSSR count). The predicted molar refractivity (Wildman–Crippen MR) is 63.3 cm³/mol. The number of amides is 1. The highest BCUT2D eigenvalue weighted by Crippen LogP contribution is 2.04. The summed E-state index contributed by atoms with van der Waals surface area (Å²) in [5.41, 5.74) is 0.667. The van der Waals surface area contributed by atoms with Gasteiger partial charge in [0.25, 0.3) is 0 Å². The molecule has 1 N–H and O–H groups in total. The van der Waals surface area contributed by atoms with Crippen molar-refractivity contribution in [2.45, 2.75) is 32.7 Å². The normalized spacial score (nSPS) is 10.2. The molecule has 0 saturated carbocycles. The molecule has 0 aliphatic rings. The Balaban J connectivity index is 2.39. The number of nitrogens with one attached hydrogen (secondary N) is 1. The molecule has 1 aromatic carbocycles. The number of Topliss-reactive ketones (excluding diaryl/α,β-unsaturated/α-hetero) is 1. The van der Waals surface area contributed by atoms with E-state index < -0.39 is 0 Å². The Kier molecular flexibility index (Phi) is 4.70. The van der Waals surface area contributed by atoms with Crippen LogP contribution in [0.3, 0.4) is 0 Å². The molecule has 0 aliphatic heterocycles. The van der Waals surface area contributed by atoms with Crippen molar-refractivity contribution in [3.8, 4) is 0 Å². The van der Waals surface area contributed by atoms with E-state index >= 15 is 0 Å². The van der Waals surface area contributed by atoms with Gasteiger partial charge < -0.3 is 5.32 Å². The van der Waals surface area contributed by atoms with Crippen LogP contribution in [0.1, 0.15) is 37.0 Å². The first-order valence-electron chi connectivity index (χ1n) is 5.47. The third kappa shape index (κ3) is 4.26. The van der Waals surface area contributed by atoms with Crippen molar-refractivity contribution in [2.75, 3.05) is 0 Å². The molecular formula is C13H17NO2. The van der Waals surface area contributed by atoms with Gasteiger partial charge in [-0.3, -0.25) is 9.59 Å². The number of hydrogen-bond acceptors (Lipinski definition) is 2. The molecule has 3 heteroatoms. The van der Waals surface area contributed by atoms with Gasteiger partial charge in [-0.25, -0.2) is 0 Å².